The van der Waals surface area contributed by atoms with Crippen molar-refractivity contribution in [2.45, 2.75) is 0 Å². The van der Waals surface area contributed by atoms with E-state index in [4.69, 9.17) is 4.74 Å². The fraction of sp³-hybridized carbons (Fsp3) is 0.0667. The monoisotopic (exact) mass is 255 g/mol. The standard InChI is InChI=1S/C15H13NO3/c1-19-15(18)12-8-5-9-13(16-10-17)14(12)11-6-3-2-4-7-11/h2-10H,1H3,(H,16,17). The first kappa shape index (κ1) is 12.8. The number of esters is 1. The van der Waals surface area contributed by atoms with Crippen molar-refractivity contribution in [1.29, 1.82) is 0 Å². The lowest BCUT2D eigenvalue weighted by Gasteiger charge is -2.13. The zero-order valence-corrected chi connectivity index (χ0v) is 10.4. The van der Waals surface area contributed by atoms with Crippen LogP contribution in [0, 0.1) is 0 Å². The molecule has 0 bridgehead atoms. The van der Waals surface area contributed by atoms with Crippen LogP contribution in [0.5, 0.6) is 0 Å². The number of benzene rings is 2. The van der Waals surface area contributed by atoms with Crippen LogP contribution < -0.4 is 5.32 Å². The topological polar surface area (TPSA) is 55.4 Å². The summed E-state index contributed by atoms with van der Waals surface area (Å²) in [6.45, 7) is 0. The lowest BCUT2D eigenvalue weighted by molar-refractivity contribution is -0.105. The molecule has 0 heterocycles. The van der Waals surface area contributed by atoms with E-state index in [1.54, 1.807) is 18.2 Å². The van der Waals surface area contributed by atoms with Gasteiger partial charge in [-0.2, -0.15) is 0 Å². The number of amides is 1. The predicted octanol–water partition coefficient (Wildman–Crippen LogP) is 2.71. The van der Waals surface area contributed by atoms with Gasteiger partial charge in [-0.3, -0.25) is 4.79 Å². The number of methoxy groups -OCH3 is 1. The van der Waals surface area contributed by atoms with Crippen molar-refractivity contribution in [1.82, 2.24) is 0 Å². The van der Waals surface area contributed by atoms with E-state index in [2.05, 4.69) is 5.32 Å². The summed E-state index contributed by atoms with van der Waals surface area (Å²) in [5.74, 6) is -0.437. The third kappa shape index (κ3) is 2.63. The van der Waals surface area contributed by atoms with Crippen molar-refractivity contribution in [3.05, 3.63) is 54.1 Å². The summed E-state index contributed by atoms with van der Waals surface area (Å²) in [6, 6.07) is 14.5. The van der Waals surface area contributed by atoms with Crippen molar-refractivity contribution in [2.75, 3.05) is 12.4 Å². The Morgan fingerprint density at radius 1 is 1.11 bits per heavy atom. The smallest absolute Gasteiger partial charge is 0.338 e. The molecule has 0 saturated heterocycles. The fourth-order valence-electron chi connectivity index (χ4n) is 1.93. The highest BCUT2D eigenvalue weighted by Gasteiger charge is 2.16. The zero-order valence-electron chi connectivity index (χ0n) is 10.4. The molecule has 1 N–H and O–H groups in total. The highest BCUT2D eigenvalue weighted by molar-refractivity contribution is 6.02. The Bertz CT molecular complexity index is 594. The van der Waals surface area contributed by atoms with Crippen LogP contribution in [0.4, 0.5) is 5.69 Å². The van der Waals surface area contributed by atoms with Gasteiger partial charge in [0.1, 0.15) is 0 Å². The third-order valence-electron chi connectivity index (χ3n) is 2.75. The van der Waals surface area contributed by atoms with E-state index in [0.29, 0.717) is 23.2 Å². The largest absolute Gasteiger partial charge is 0.465 e. The van der Waals surface area contributed by atoms with Gasteiger partial charge in [-0.25, -0.2) is 4.79 Å². The maximum absolute atomic E-state index is 11.8. The quantitative estimate of drug-likeness (QED) is 0.675. The number of carbonyl (C=O) groups excluding carboxylic acids is 2. The molecular weight excluding hydrogens is 242 g/mol. The predicted molar refractivity (Wildman–Crippen MR) is 72.9 cm³/mol. The third-order valence-corrected chi connectivity index (χ3v) is 2.75. The molecule has 0 atom stereocenters. The molecule has 0 radical (unpaired) electrons. The number of hydrogen-bond donors (Lipinski definition) is 1. The summed E-state index contributed by atoms with van der Waals surface area (Å²) in [5, 5.41) is 2.61. The highest BCUT2D eigenvalue weighted by Crippen LogP contribution is 2.31. The van der Waals surface area contributed by atoms with Crippen molar-refractivity contribution >= 4 is 18.1 Å². The fourth-order valence-corrected chi connectivity index (χ4v) is 1.93. The van der Waals surface area contributed by atoms with Crippen molar-refractivity contribution in [3.63, 3.8) is 0 Å². The molecule has 0 fully saturated rings. The molecule has 96 valence electrons. The Labute approximate surface area is 111 Å². The van der Waals surface area contributed by atoms with Gasteiger partial charge in [-0.15, -0.1) is 0 Å². The van der Waals surface area contributed by atoms with E-state index in [0.717, 1.165) is 5.56 Å². The first-order valence-corrected chi connectivity index (χ1v) is 5.75. The molecular formula is C15H13NO3. The first-order chi connectivity index (χ1) is 9.27. The van der Waals surface area contributed by atoms with Gasteiger partial charge in [0.15, 0.2) is 0 Å². The van der Waals surface area contributed by atoms with Crippen LogP contribution in [0.25, 0.3) is 11.1 Å². The van der Waals surface area contributed by atoms with Crippen molar-refractivity contribution < 1.29 is 14.3 Å². The second-order valence-corrected chi connectivity index (χ2v) is 3.85. The number of anilines is 1. The van der Waals surface area contributed by atoms with Gasteiger partial charge in [0.2, 0.25) is 6.41 Å². The summed E-state index contributed by atoms with van der Waals surface area (Å²) in [6.07, 6.45) is 0.586. The van der Waals surface area contributed by atoms with Crippen LogP contribution in [0.3, 0.4) is 0 Å². The average molecular weight is 255 g/mol. The normalized spacial score (nSPS) is 9.74. The molecule has 0 aliphatic rings. The zero-order chi connectivity index (χ0) is 13.7. The summed E-state index contributed by atoms with van der Waals surface area (Å²) in [5.41, 5.74) is 2.49. The van der Waals surface area contributed by atoms with Crippen LogP contribution in [0.15, 0.2) is 48.5 Å². The second-order valence-electron chi connectivity index (χ2n) is 3.85. The Hall–Kier alpha value is -2.62. The van der Waals surface area contributed by atoms with Gasteiger partial charge in [0, 0.05) is 11.3 Å². The Morgan fingerprint density at radius 2 is 1.84 bits per heavy atom. The van der Waals surface area contributed by atoms with Gasteiger partial charge in [-0.1, -0.05) is 36.4 Å². The Balaban J connectivity index is 2.66. The number of carbonyl (C=O) groups is 2. The van der Waals surface area contributed by atoms with Gasteiger partial charge in [-0.05, 0) is 17.7 Å². The maximum Gasteiger partial charge on any atom is 0.338 e. The molecule has 0 unspecified atom stereocenters. The molecule has 0 aliphatic carbocycles. The minimum absolute atomic E-state index is 0.417. The number of nitrogens with one attached hydrogen (secondary N) is 1. The molecule has 1 amide bonds. The minimum Gasteiger partial charge on any atom is -0.465 e. The number of ether oxygens (including phenoxy) is 1. The van der Waals surface area contributed by atoms with E-state index in [1.165, 1.54) is 7.11 Å². The first-order valence-electron chi connectivity index (χ1n) is 5.75. The van der Waals surface area contributed by atoms with Crippen LogP contribution in [-0.4, -0.2) is 19.5 Å². The summed E-state index contributed by atoms with van der Waals surface area (Å²) in [7, 11) is 1.33. The lowest BCUT2D eigenvalue weighted by Crippen LogP contribution is -2.06. The van der Waals surface area contributed by atoms with Crippen LogP contribution >= 0.6 is 0 Å². The van der Waals surface area contributed by atoms with E-state index in [9.17, 15) is 9.59 Å². The summed E-state index contributed by atoms with van der Waals surface area (Å²) < 4.78 is 4.78. The minimum atomic E-state index is -0.437. The van der Waals surface area contributed by atoms with Gasteiger partial charge < -0.3 is 10.1 Å². The molecule has 2 aromatic carbocycles. The van der Waals surface area contributed by atoms with E-state index < -0.39 is 5.97 Å². The molecule has 0 aliphatic heterocycles. The van der Waals surface area contributed by atoms with Crippen LogP contribution in [-0.2, 0) is 9.53 Å². The second kappa shape index (κ2) is 5.82. The maximum atomic E-state index is 11.8. The average Bonchev–Trinajstić information content (AvgIpc) is 2.47. The molecule has 0 saturated carbocycles. The number of hydrogen-bond acceptors (Lipinski definition) is 3. The Kier molecular flexibility index (Phi) is 3.93. The highest BCUT2D eigenvalue weighted by atomic mass is 16.5. The molecule has 4 heteroatoms. The summed E-state index contributed by atoms with van der Waals surface area (Å²) >= 11 is 0. The molecule has 19 heavy (non-hydrogen) atoms. The van der Waals surface area contributed by atoms with Gasteiger partial charge in [0.25, 0.3) is 0 Å². The van der Waals surface area contributed by atoms with Gasteiger partial charge >= 0.3 is 5.97 Å². The van der Waals surface area contributed by atoms with E-state index in [-0.39, 0.29) is 0 Å². The Morgan fingerprint density at radius 3 is 2.47 bits per heavy atom. The summed E-state index contributed by atoms with van der Waals surface area (Å²) in [4.78, 5) is 22.5. The van der Waals surface area contributed by atoms with Crippen LogP contribution in [0.2, 0.25) is 0 Å². The van der Waals surface area contributed by atoms with E-state index >= 15 is 0 Å². The molecule has 2 aromatic rings. The lowest BCUT2D eigenvalue weighted by atomic mass is 9.97. The van der Waals surface area contributed by atoms with Crippen molar-refractivity contribution in [3.8, 4) is 11.1 Å². The van der Waals surface area contributed by atoms with E-state index in [1.807, 2.05) is 30.3 Å². The van der Waals surface area contributed by atoms with Crippen LogP contribution in [0.1, 0.15) is 10.4 Å². The molecule has 0 aromatic heterocycles. The molecule has 2 rings (SSSR count). The number of rotatable bonds is 4. The molecule has 4 nitrogen and oxygen atoms in total. The van der Waals surface area contributed by atoms with Gasteiger partial charge in [0.05, 0.1) is 12.7 Å². The molecule has 0 spiro atoms. The SMILES string of the molecule is COC(=O)c1cccc(NC=O)c1-c1ccccc1. The van der Waals surface area contributed by atoms with Crippen molar-refractivity contribution in [2.24, 2.45) is 0 Å².